The summed E-state index contributed by atoms with van der Waals surface area (Å²) in [6.07, 6.45) is 1.48. The van der Waals surface area contributed by atoms with Crippen molar-refractivity contribution in [2.75, 3.05) is 20.3 Å². The lowest BCUT2D eigenvalue weighted by Gasteiger charge is -2.31. The first-order chi connectivity index (χ1) is 9.50. The molecule has 0 aliphatic carbocycles. The Morgan fingerprint density at radius 1 is 1.30 bits per heavy atom. The second-order valence-corrected chi connectivity index (χ2v) is 6.64. The molecule has 4 nitrogen and oxygen atoms in total. The van der Waals surface area contributed by atoms with Crippen molar-refractivity contribution in [3.63, 3.8) is 0 Å². The fourth-order valence-electron chi connectivity index (χ4n) is 2.92. The highest BCUT2D eigenvalue weighted by Crippen LogP contribution is 2.34. The third-order valence-electron chi connectivity index (χ3n) is 3.78. The zero-order chi connectivity index (χ0) is 14.6. The maximum absolute atomic E-state index is 5.89. The Balaban J connectivity index is 1.77. The van der Waals surface area contributed by atoms with E-state index in [4.69, 9.17) is 13.9 Å². The molecule has 20 heavy (non-hydrogen) atoms. The average Bonchev–Trinajstić information content (AvgIpc) is 2.98. The molecule has 1 fully saturated rings. The fourth-order valence-corrected chi connectivity index (χ4v) is 2.92. The van der Waals surface area contributed by atoms with Crippen LogP contribution in [0.2, 0.25) is 0 Å². The van der Waals surface area contributed by atoms with Gasteiger partial charge in [0.15, 0.2) is 0 Å². The number of hydrogen-bond acceptors (Lipinski definition) is 4. The second-order valence-electron chi connectivity index (χ2n) is 6.64. The molecule has 2 atom stereocenters. The lowest BCUT2D eigenvalue weighted by Crippen LogP contribution is -2.36. The third-order valence-corrected chi connectivity index (χ3v) is 3.78. The van der Waals surface area contributed by atoms with Crippen LogP contribution in [-0.4, -0.2) is 26.4 Å². The Kier molecular flexibility index (Phi) is 5.24. The van der Waals surface area contributed by atoms with Crippen LogP contribution in [0.25, 0.3) is 0 Å². The van der Waals surface area contributed by atoms with Crippen molar-refractivity contribution < 1.29 is 13.9 Å². The Hall–Kier alpha value is -0.840. The Morgan fingerprint density at radius 3 is 2.75 bits per heavy atom. The lowest BCUT2D eigenvalue weighted by atomic mass is 9.81. The smallest absolute Gasteiger partial charge is 0.129 e. The van der Waals surface area contributed by atoms with Crippen molar-refractivity contribution in [3.05, 3.63) is 23.7 Å². The molecule has 1 aliphatic heterocycles. The van der Waals surface area contributed by atoms with E-state index in [1.165, 1.54) is 0 Å². The second kappa shape index (κ2) is 6.74. The largest absolute Gasteiger partial charge is 0.462 e. The molecule has 0 radical (unpaired) electrons. The lowest BCUT2D eigenvalue weighted by molar-refractivity contribution is 0.00713. The fraction of sp³-hybridized carbons (Fsp3) is 0.750. The number of furan rings is 1. The summed E-state index contributed by atoms with van der Waals surface area (Å²) in [5.41, 5.74) is 0.208. The maximum atomic E-state index is 5.89. The van der Waals surface area contributed by atoms with Gasteiger partial charge in [0.05, 0.1) is 12.6 Å². The van der Waals surface area contributed by atoms with Crippen LogP contribution in [-0.2, 0) is 22.6 Å². The van der Waals surface area contributed by atoms with Gasteiger partial charge in [-0.25, -0.2) is 0 Å². The molecular formula is C16H27NO3. The molecule has 1 aromatic rings. The van der Waals surface area contributed by atoms with E-state index in [-0.39, 0.29) is 5.41 Å². The van der Waals surface area contributed by atoms with Gasteiger partial charge in [-0.1, -0.05) is 20.8 Å². The monoisotopic (exact) mass is 281 g/mol. The van der Waals surface area contributed by atoms with Crippen LogP contribution < -0.4 is 5.32 Å². The zero-order valence-corrected chi connectivity index (χ0v) is 13.1. The summed E-state index contributed by atoms with van der Waals surface area (Å²) in [7, 11) is 1.67. The van der Waals surface area contributed by atoms with Gasteiger partial charge in [-0.15, -0.1) is 0 Å². The first-order valence-electron chi connectivity index (χ1n) is 7.39. The number of methoxy groups -OCH3 is 1. The van der Waals surface area contributed by atoms with E-state index < -0.39 is 0 Å². The van der Waals surface area contributed by atoms with E-state index in [2.05, 4.69) is 26.1 Å². The first-order valence-corrected chi connectivity index (χ1v) is 7.39. The van der Waals surface area contributed by atoms with E-state index in [1.54, 1.807) is 7.11 Å². The van der Waals surface area contributed by atoms with Crippen LogP contribution >= 0.6 is 0 Å². The number of nitrogens with one attached hydrogen (secondary N) is 1. The Morgan fingerprint density at radius 2 is 2.05 bits per heavy atom. The molecule has 0 saturated carbocycles. The molecule has 0 unspecified atom stereocenters. The van der Waals surface area contributed by atoms with Crippen LogP contribution in [0.5, 0.6) is 0 Å². The number of hydrogen-bond donors (Lipinski definition) is 1. The summed E-state index contributed by atoms with van der Waals surface area (Å²) >= 11 is 0. The minimum absolute atomic E-state index is 0.208. The summed E-state index contributed by atoms with van der Waals surface area (Å²) < 4.78 is 16.6. The molecule has 1 N–H and O–H groups in total. The first kappa shape index (κ1) is 15.5. The molecule has 1 aliphatic rings. The molecule has 1 aromatic heterocycles. The van der Waals surface area contributed by atoms with E-state index in [1.807, 2.05) is 12.1 Å². The van der Waals surface area contributed by atoms with Crippen molar-refractivity contribution in [1.29, 1.82) is 0 Å². The molecule has 0 bridgehead atoms. The molecule has 114 valence electrons. The molecule has 0 spiro atoms. The van der Waals surface area contributed by atoms with Gasteiger partial charge in [-0.2, -0.15) is 0 Å². The van der Waals surface area contributed by atoms with Gasteiger partial charge in [0.1, 0.15) is 18.1 Å². The third kappa shape index (κ3) is 4.08. The van der Waals surface area contributed by atoms with Gasteiger partial charge >= 0.3 is 0 Å². The van der Waals surface area contributed by atoms with Crippen LogP contribution in [0.3, 0.4) is 0 Å². The molecule has 2 rings (SSSR count). The number of rotatable bonds is 6. The topological polar surface area (TPSA) is 43.6 Å². The molecular weight excluding hydrogens is 254 g/mol. The van der Waals surface area contributed by atoms with E-state index in [0.29, 0.717) is 18.6 Å². The van der Waals surface area contributed by atoms with Crippen LogP contribution in [0.4, 0.5) is 0 Å². The van der Waals surface area contributed by atoms with Crippen LogP contribution in [0.1, 0.15) is 38.7 Å². The van der Waals surface area contributed by atoms with Crippen LogP contribution in [0.15, 0.2) is 16.5 Å². The van der Waals surface area contributed by atoms with E-state index in [9.17, 15) is 0 Å². The normalized spacial score (nSPS) is 23.4. The van der Waals surface area contributed by atoms with Crippen molar-refractivity contribution in [3.8, 4) is 0 Å². The molecule has 2 heterocycles. The van der Waals surface area contributed by atoms with Gasteiger partial charge in [-0.05, 0) is 24.0 Å². The Bertz CT molecular complexity index is 408. The van der Waals surface area contributed by atoms with Gasteiger partial charge in [0.25, 0.3) is 0 Å². The van der Waals surface area contributed by atoms with Gasteiger partial charge in [0, 0.05) is 26.2 Å². The van der Waals surface area contributed by atoms with Gasteiger partial charge in [0.2, 0.25) is 0 Å². The summed E-state index contributed by atoms with van der Waals surface area (Å²) in [6.45, 7) is 9.90. The minimum atomic E-state index is 0.208. The molecule has 0 amide bonds. The van der Waals surface area contributed by atoms with Gasteiger partial charge < -0.3 is 19.2 Å². The van der Waals surface area contributed by atoms with Crippen molar-refractivity contribution in [1.82, 2.24) is 5.32 Å². The number of ether oxygens (including phenoxy) is 2. The minimum Gasteiger partial charge on any atom is -0.462 e. The predicted octanol–water partition coefficient (Wildman–Crippen LogP) is 2.97. The molecule has 0 aromatic carbocycles. The van der Waals surface area contributed by atoms with Gasteiger partial charge in [-0.3, -0.25) is 0 Å². The Labute approximate surface area is 121 Å². The highest BCUT2D eigenvalue weighted by atomic mass is 16.5. The predicted molar refractivity (Wildman–Crippen MR) is 78.4 cm³/mol. The zero-order valence-electron chi connectivity index (χ0n) is 13.1. The average molecular weight is 281 g/mol. The highest BCUT2D eigenvalue weighted by molar-refractivity contribution is 5.06. The van der Waals surface area contributed by atoms with Crippen molar-refractivity contribution >= 4 is 0 Å². The van der Waals surface area contributed by atoms with E-state index in [0.717, 1.165) is 37.6 Å². The summed E-state index contributed by atoms with van der Waals surface area (Å²) in [4.78, 5) is 0. The van der Waals surface area contributed by atoms with Crippen molar-refractivity contribution in [2.45, 2.75) is 46.4 Å². The van der Waals surface area contributed by atoms with E-state index >= 15 is 0 Å². The summed E-state index contributed by atoms with van der Waals surface area (Å²) in [5.74, 6) is 2.42. The maximum Gasteiger partial charge on any atom is 0.129 e. The summed E-state index contributed by atoms with van der Waals surface area (Å²) in [5, 5.41) is 3.49. The summed E-state index contributed by atoms with van der Waals surface area (Å²) in [6, 6.07) is 3.98. The molecule has 4 heteroatoms. The highest BCUT2D eigenvalue weighted by Gasteiger charge is 2.36. The standard InChI is InChI=1S/C16H27NO3/c1-16(2,3)15-12(7-8-19-15)9-17-10-13-5-6-14(20-13)11-18-4/h5-6,12,15,17H,7-11H2,1-4H3/t12-,15+/m1/s1. The SMILES string of the molecule is COCc1ccc(CNC[C@H]2CCO[C@@H]2C(C)(C)C)o1. The van der Waals surface area contributed by atoms with Crippen LogP contribution in [0, 0.1) is 11.3 Å². The van der Waals surface area contributed by atoms with Crippen molar-refractivity contribution in [2.24, 2.45) is 11.3 Å². The molecule has 1 saturated heterocycles. The quantitative estimate of drug-likeness (QED) is 0.870.